The van der Waals surface area contributed by atoms with Crippen LogP contribution in [0.1, 0.15) is 13.8 Å². The van der Waals surface area contributed by atoms with E-state index in [-0.39, 0.29) is 16.8 Å². The molecule has 1 aromatic heterocycles. The van der Waals surface area contributed by atoms with Gasteiger partial charge in [-0.15, -0.1) is 0 Å². The van der Waals surface area contributed by atoms with Gasteiger partial charge in [-0.25, -0.2) is 13.4 Å². The number of anilines is 1. The van der Waals surface area contributed by atoms with Gasteiger partial charge in [-0.05, 0) is 25.6 Å². The molecular weight excluding hydrogens is 264 g/mol. The quantitative estimate of drug-likeness (QED) is 0.868. The summed E-state index contributed by atoms with van der Waals surface area (Å²) in [7, 11) is -3.54. The molecule has 0 aromatic carbocycles. The molecule has 1 fully saturated rings. The third-order valence-corrected chi connectivity index (χ3v) is 5.46. The molecule has 1 aromatic rings. The third-order valence-electron chi connectivity index (χ3n) is 3.55. The molecule has 0 bridgehead atoms. The first-order valence-corrected chi connectivity index (χ1v) is 7.85. The van der Waals surface area contributed by atoms with E-state index in [1.807, 2.05) is 6.92 Å². The molecule has 6 nitrogen and oxygen atoms in total. The lowest BCUT2D eigenvalue weighted by Gasteiger charge is -2.38. The van der Waals surface area contributed by atoms with Crippen LogP contribution in [-0.2, 0) is 10.0 Å². The van der Waals surface area contributed by atoms with Gasteiger partial charge in [0.25, 0.3) is 0 Å². The number of sulfonamides is 1. The molecule has 0 saturated carbocycles. The summed E-state index contributed by atoms with van der Waals surface area (Å²) < 4.78 is 26.6. The van der Waals surface area contributed by atoms with Crippen molar-refractivity contribution in [2.24, 2.45) is 0 Å². The molecule has 1 aliphatic rings. The van der Waals surface area contributed by atoms with Crippen molar-refractivity contribution >= 4 is 15.8 Å². The van der Waals surface area contributed by atoms with Crippen LogP contribution < -0.4 is 5.73 Å². The molecule has 2 heterocycles. The molecule has 0 aliphatic carbocycles. The lowest BCUT2D eigenvalue weighted by Crippen LogP contribution is -2.53. The fourth-order valence-corrected chi connectivity index (χ4v) is 3.99. The van der Waals surface area contributed by atoms with Crippen molar-refractivity contribution in [2.45, 2.75) is 24.8 Å². The molecule has 0 amide bonds. The van der Waals surface area contributed by atoms with Crippen molar-refractivity contribution in [3.05, 3.63) is 18.3 Å². The number of rotatable bonds is 3. The highest BCUT2D eigenvalue weighted by Crippen LogP contribution is 2.22. The molecule has 106 valence electrons. The van der Waals surface area contributed by atoms with E-state index in [2.05, 4.69) is 16.8 Å². The predicted molar refractivity (Wildman–Crippen MR) is 74.1 cm³/mol. The first-order chi connectivity index (χ1) is 8.96. The monoisotopic (exact) mass is 284 g/mol. The van der Waals surface area contributed by atoms with Crippen molar-refractivity contribution in [1.29, 1.82) is 0 Å². The Morgan fingerprint density at radius 1 is 1.47 bits per heavy atom. The second kappa shape index (κ2) is 5.44. The lowest BCUT2D eigenvalue weighted by molar-refractivity contribution is 0.135. The highest BCUT2D eigenvalue weighted by molar-refractivity contribution is 7.89. The van der Waals surface area contributed by atoms with E-state index in [1.54, 1.807) is 6.07 Å². The fourth-order valence-electron chi connectivity index (χ4n) is 2.41. The van der Waals surface area contributed by atoms with Gasteiger partial charge in [0, 0.05) is 31.9 Å². The maximum atomic E-state index is 12.5. The maximum Gasteiger partial charge on any atom is 0.246 e. The Labute approximate surface area is 114 Å². The minimum Gasteiger partial charge on any atom is -0.383 e. The van der Waals surface area contributed by atoms with E-state index in [4.69, 9.17) is 5.73 Å². The van der Waals surface area contributed by atoms with Crippen LogP contribution in [0.4, 0.5) is 5.82 Å². The number of pyridine rings is 1. The molecule has 1 aliphatic heterocycles. The van der Waals surface area contributed by atoms with Gasteiger partial charge >= 0.3 is 0 Å². The summed E-state index contributed by atoms with van der Waals surface area (Å²) in [4.78, 5) is 6.22. The maximum absolute atomic E-state index is 12.5. The number of nitrogens with zero attached hydrogens (tertiary/aromatic N) is 3. The van der Waals surface area contributed by atoms with Gasteiger partial charge in [0.05, 0.1) is 0 Å². The van der Waals surface area contributed by atoms with Crippen LogP contribution in [0.5, 0.6) is 0 Å². The highest BCUT2D eigenvalue weighted by Gasteiger charge is 2.32. The molecule has 1 unspecified atom stereocenters. The number of likely N-dealkylation sites (N-methyl/N-ethyl adjacent to an activating group) is 1. The minimum absolute atomic E-state index is 0.0630. The fraction of sp³-hybridized carbons (Fsp3) is 0.583. The van der Waals surface area contributed by atoms with E-state index in [0.717, 1.165) is 13.1 Å². The summed E-state index contributed by atoms with van der Waals surface area (Å²) in [5.41, 5.74) is 5.67. The molecule has 1 saturated heterocycles. The van der Waals surface area contributed by atoms with Gasteiger partial charge in [0.2, 0.25) is 10.0 Å². The zero-order valence-electron chi connectivity index (χ0n) is 11.3. The van der Waals surface area contributed by atoms with Crippen molar-refractivity contribution in [2.75, 3.05) is 31.9 Å². The predicted octanol–water partition coefficient (Wildman–Crippen LogP) is 0.378. The molecular formula is C12H20N4O2S. The topological polar surface area (TPSA) is 79.5 Å². The van der Waals surface area contributed by atoms with Gasteiger partial charge in [-0.1, -0.05) is 6.92 Å². The van der Waals surface area contributed by atoms with Gasteiger partial charge < -0.3 is 5.73 Å². The summed E-state index contributed by atoms with van der Waals surface area (Å²) in [6, 6.07) is 3.31. The summed E-state index contributed by atoms with van der Waals surface area (Å²) in [5, 5.41) is 0. The minimum atomic E-state index is -3.54. The van der Waals surface area contributed by atoms with Crippen LogP contribution >= 0.6 is 0 Å². The van der Waals surface area contributed by atoms with E-state index in [9.17, 15) is 8.42 Å². The van der Waals surface area contributed by atoms with Crippen molar-refractivity contribution in [1.82, 2.24) is 14.2 Å². The van der Waals surface area contributed by atoms with Crippen LogP contribution in [0, 0.1) is 0 Å². The first-order valence-electron chi connectivity index (χ1n) is 6.41. The number of hydrogen-bond acceptors (Lipinski definition) is 5. The Kier molecular flexibility index (Phi) is 4.07. The highest BCUT2D eigenvalue weighted by atomic mass is 32.2. The number of hydrogen-bond donors (Lipinski definition) is 1. The Hall–Kier alpha value is -1.18. The number of piperazine rings is 1. The first kappa shape index (κ1) is 14.2. The van der Waals surface area contributed by atoms with Crippen LogP contribution in [-0.4, -0.2) is 54.8 Å². The summed E-state index contributed by atoms with van der Waals surface area (Å²) in [6.45, 7) is 6.79. The third kappa shape index (κ3) is 2.72. The second-order valence-electron chi connectivity index (χ2n) is 4.73. The summed E-state index contributed by atoms with van der Waals surface area (Å²) in [6.07, 6.45) is 1.49. The van der Waals surface area contributed by atoms with Gasteiger partial charge in [-0.2, -0.15) is 4.31 Å². The van der Waals surface area contributed by atoms with Crippen molar-refractivity contribution < 1.29 is 8.42 Å². The molecule has 2 N–H and O–H groups in total. The van der Waals surface area contributed by atoms with Crippen LogP contribution in [0.2, 0.25) is 0 Å². The summed E-state index contributed by atoms with van der Waals surface area (Å²) >= 11 is 0. The van der Waals surface area contributed by atoms with E-state index < -0.39 is 10.0 Å². The van der Waals surface area contributed by atoms with E-state index in [0.29, 0.717) is 13.1 Å². The van der Waals surface area contributed by atoms with Crippen LogP contribution in [0.15, 0.2) is 23.2 Å². The second-order valence-corrected chi connectivity index (χ2v) is 6.63. The molecule has 2 rings (SSSR count). The molecule has 1 atom stereocenters. The average molecular weight is 284 g/mol. The van der Waals surface area contributed by atoms with Crippen LogP contribution in [0.3, 0.4) is 0 Å². The molecule has 0 radical (unpaired) electrons. The normalized spacial score (nSPS) is 22.5. The summed E-state index contributed by atoms with van der Waals surface area (Å²) in [5.74, 6) is 0.0630. The van der Waals surface area contributed by atoms with E-state index in [1.165, 1.54) is 16.6 Å². The number of nitrogen functional groups attached to an aromatic ring is 1. The lowest BCUT2D eigenvalue weighted by atomic mass is 10.2. The Morgan fingerprint density at radius 3 is 2.79 bits per heavy atom. The van der Waals surface area contributed by atoms with Gasteiger partial charge in [-0.3, -0.25) is 4.90 Å². The zero-order valence-corrected chi connectivity index (χ0v) is 12.1. The standard InChI is InChI=1S/C12H20N4O2S/c1-3-15-7-8-16(9-10(15)2)19(17,18)11-5-4-6-14-12(11)13/h4-6,10H,3,7-9H2,1-2H3,(H2,13,14). The smallest absolute Gasteiger partial charge is 0.246 e. The molecule has 19 heavy (non-hydrogen) atoms. The Bertz CT molecular complexity index is 546. The van der Waals surface area contributed by atoms with Crippen molar-refractivity contribution in [3.63, 3.8) is 0 Å². The largest absolute Gasteiger partial charge is 0.383 e. The van der Waals surface area contributed by atoms with Crippen LogP contribution in [0.25, 0.3) is 0 Å². The zero-order chi connectivity index (χ0) is 14.0. The Balaban J connectivity index is 2.25. The SMILES string of the molecule is CCN1CCN(S(=O)(=O)c2cccnc2N)CC1C. The Morgan fingerprint density at radius 2 is 2.21 bits per heavy atom. The number of aromatic nitrogens is 1. The average Bonchev–Trinajstić information content (AvgIpc) is 2.39. The van der Waals surface area contributed by atoms with Gasteiger partial charge in [0.15, 0.2) is 0 Å². The number of nitrogens with two attached hydrogens (primary N) is 1. The molecule has 0 spiro atoms. The van der Waals surface area contributed by atoms with E-state index >= 15 is 0 Å². The molecule has 7 heteroatoms. The van der Waals surface area contributed by atoms with Gasteiger partial charge in [0.1, 0.15) is 10.7 Å². The van der Waals surface area contributed by atoms with Crippen molar-refractivity contribution in [3.8, 4) is 0 Å².